The van der Waals surface area contributed by atoms with Crippen molar-refractivity contribution in [1.82, 2.24) is 5.32 Å². The summed E-state index contributed by atoms with van der Waals surface area (Å²) >= 11 is 0. The van der Waals surface area contributed by atoms with E-state index < -0.39 is 26.6 Å². The molecular weight excluding hydrogens is 367 g/mol. The van der Waals surface area contributed by atoms with Gasteiger partial charge in [-0.05, 0) is 12.0 Å². The summed E-state index contributed by atoms with van der Waals surface area (Å²) < 4.78 is 20.0. The van der Waals surface area contributed by atoms with Gasteiger partial charge in [0.05, 0.1) is 27.1 Å². The summed E-state index contributed by atoms with van der Waals surface area (Å²) in [6, 6.07) is 7.84. The summed E-state index contributed by atoms with van der Waals surface area (Å²) in [6.07, 6.45) is 3.23. The van der Waals surface area contributed by atoms with Crippen LogP contribution in [0.15, 0.2) is 30.3 Å². The maximum absolute atomic E-state index is 11.8. The van der Waals surface area contributed by atoms with Crippen LogP contribution in [0.5, 0.6) is 0 Å². The first-order valence-corrected chi connectivity index (χ1v) is 9.03. The Bertz CT molecular complexity index is 514. The summed E-state index contributed by atoms with van der Waals surface area (Å²) in [5, 5.41) is 2.51. The molecule has 0 spiro atoms. The topological polar surface area (TPSA) is 111 Å². The molecule has 0 saturated carbocycles. The van der Waals surface area contributed by atoms with Gasteiger partial charge in [0.15, 0.2) is 0 Å². The maximum Gasteiger partial charge on any atom is 1.00 e. The van der Waals surface area contributed by atoms with Crippen LogP contribution in [-0.4, -0.2) is 19.3 Å². The number of benzene rings is 1. The zero-order valence-electron chi connectivity index (χ0n) is 15.1. The van der Waals surface area contributed by atoms with E-state index in [0.29, 0.717) is 5.56 Å². The number of carbonyl (C=O) groups is 1. The third-order valence-electron chi connectivity index (χ3n) is 3.12. The van der Waals surface area contributed by atoms with E-state index in [4.69, 9.17) is 4.74 Å². The van der Waals surface area contributed by atoms with Crippen LogP contribution in [0.3, 0.4) is 0 Å². The van der Waals surface area contributed by atoms with Gasteiger partial charge in [-0.1, -0.05) is 56.5 Å². The van der Waals surface area contributed by atoms with Gasteiger partial charge in [0.1, 0.15) is 0 Å². The number of hydrogen-bond acceptors (Lipinski definition) is 6. The van der Waals surface area contributed by atoms with Gasteiger partial charge in [-0.25, -0.2) is 4.79 Å². The molecule has 0 aliphatic rings. The summed E-state index contributed by atoms with van der Waals surface area (Å²) in [5.74, 6) is 0. The van der Waals surface area contributed by atoms with Crippen molar-refractivity contribution in [3.05, 3.63) is 35.9 Å². The number of phosphoric ester groups is 1. The SMILES string of the molecule is CCCCCCOC(=O)N[C@@H](COP(=O)([O-])[O-])c1ccccc1.[Na+].[Na+]. The van der Waals surface area contributed by atoms with Gasteiger partial charge < -0.3 is 28.9 Å². The molecule has 0 radical (unpaired) electrons. The van der Waals surface area contributed by atoms with E-state index in [9.17, 15) is 19.1 Å². The van der Waals surface area contributed by atoms with E-state index in [-0.39, 0.29) is 65.7 Å². The fourth-order valence-electron chi connectivity index (χ4n) is 1.95. The molecule has 0 heterocycles. The van der Waals surface area contributed by atoms with Gasteiger partial charge in [-0.15, -0.1) is 0 Å². The van der Waals surface area contributed by atoms with Crippen LogP contribution in [0.4, 0.5) is 4.79 Å². The first-order valence-electron chi connectivity index (χ1n) is 7.57. The normalized spacial score (nSPS) is 11.6. The molecule has 7 nitrogen and oxygen atoms in total. The zero-order valence-corrected chi connectivity index (χ0v) is 20.0. The number of hydrogen-bond donors (Lipinski definition) is 1. The summed E-state index contributed by atoms with van der Waals surface area (Å²) in [4.78, 5) is 33.0. The second kappa shape index (κ2) is 15.6. The Morgan fingerprint density at radius 2 is 1.80 bits per heavy atom. The van der Waals surface area contributed by atoms with Gasteiger partial charge >= 0.3 is 65.2 Å². The first-order chi connectivity index (χ1) is 10.9. The van der Waals surface area contributed by atoms with Gasteiger partial charge in [0.2, 0.25) is 0 Å². The molecule has 1 rings (SSSR count). The predicted molar refractivity (Wildman–Crippen MR) is 81.4 cm³/mol. The Balaban J connectivity index is 0. The molecule has 0 aliphatic heterocycles. The molecule has 0 aromatic heterocycles. The third-order valence-corrected chi connectivity index (χ3v) is 3.59. The Kier molecular flexibility index (Phi) is 17.4. The van der Waals surface area contributed by atoms with Crippen LogP contribution in [0, 0.1) is 0 Å². The number of phosphoric acid groups is 1. The molecule has 0 aliphatic carbocycles. The number of ether oxygens (including phenoxy) is 1. The monoisotopic (exact) mass is 389 g/mol. The molecule has 1 atom stereocenters. The maximum atomic E-state index is 11.8. The molecular formula is C15H22NNa2O6P. The Morgan fingerprint density at radius 3 is 2.36 bits per heavy atom. The quantitative estimate of drug-likeness (QED) is 0.247. The Morgan fingerprint density at radius 1 is 1.16 bits per heavy atom. The van der Waals surface area contributed by atoms with Crippen molar-refractivity contribution < 1.29 is 87.5 Å². The van der Waals surface area contributed by atoms with Crippen molar-refractivity contribution in [2.24, 2.45) is 0 Å². The summed E-state index contributed by atoms with van der Waals surface area (Å²) in [6.45, 7) is 1.90. The molecule has 1 aromatic rings. The third kappa shape index (κ3) is 14.3. The number of amides is 1. The smallest absolute Gasteiger partial charge is 0.790 e. The van der Waals surface area contributed by atoms with Gasteiger partial charge in [0.25, 0.3) is 0 Å². The van der Waals surface area contributed by atoms with Crippen molar-refractivity contribution in [2.45, 2.75) is 38.6 Å². The Hall–Kier alpha value is 0.600. The molecule has 130 valence electrons. The van der Waals surface area contributed by atoms with Crippen molar-refractivity contribution >= 4 is 13.9 Å². The molecule has 0 bridgehead atoms. The Labute approximate surface area is 193 Å². The van der Waals surface area contributed by atoms with Gasteiger partial charge in [-0.2, -0.15) is 0 Å². The van der Waals surface area contributed by atoms with E-state index in [1.807, 2.05) is 0 Å². The van der Waals surface area contributed by atoms with Crippen LogP contribution >= 0.6 is 7.82 Å². The van der Waals surface area contributed by atoms with Crippen molar-refractivity contribution in [3.8, 4) is 0 Å². The average Bonchev–Trinajstić information content (AvgIpc) is 2.51. The fraction of sp³-hybridized carbons (Fsp3) is 0.533. The molecule has 25 heavy (non-hydrogen) atoms. The minimum atomic E-state index is -5.11. The zero-order chi connectivity index (χ0) is 17.1. The number of unbranched alkanes of at least 4 members (excludes halogenated alkanes) is 3. The van der Waals surface area contributed by atoms with Crippen LogP contribution in [0.1, 0.15) is 44.2 Å². The second-order valence-corrected chi connectivity index (χ2v) is 6.20. The minimum absolute atomic E-state index is 0. The van der Waals surface area contributed by atoms with Crippen LogP contribution in [-0.2, 0) is 13.8 Å². The van der Waals surface area contributed by atoms with Crippen LogP contribution < -0.4 is 74.2 Å². The second-order valence-electron chi connectivity index (χ2n) is 5.05. The first kappa shape index (κ1) is 27.8. The number of alkyl carbamates (subject to hydrolysis) is 1. The minimum Gasteiger partial charge on any atom is -0.790 e. The largest absolute Gasteiger partial charge is 1.00 e. The van der Waals surface area contributed by atoms with E-state index in [1.54, 1.807) is 30.3 Å². The standard InChI is InChI=1S/C15H24NO6P.2Na/c1-2-3-4-8-11-21-15(17)16-14(12-22-23(18,19)20)13-9-6-5-7-10-13;;/h5-7,9-10,14H,2-4,8,11-12H2,1H3,(H,16,17)(H2,18,19,20);;/q;2*+1/p-2/t14-;;/m0../s1. The van der Waals surface area contributed by atoms with Crippen LogP contribution in [0.25, 0.3) is 0 Å². The molecule has 1 N–H and O–H groups in total. The molecule has 10 heteroatoms. The predicted octanol–water partition coefficient (Wildman–Crippen LogP) is -4.11. The van der Waals surface area contributed by atoms with E-state index in [1.165, 1.54) is 0 Å². The van der Waals surface area contributed by atoms with E-state index in [2.05, 4.69) is 16.8 Å². The molecule has 1 amide bonds. The number of rotatable bonds is 10. The van der Waals surface area contributed by atoms with Crippen molar-refractivity contribution in [3.63, 3.8) is 0 Å². The molecule has 0 saturated heterocycles. The van der Waals surface area contributed by atoms with Gasteiger partial charge in [-0.3, -0.25) is 0 Å². The van der Waals surface area contributed by atoms with E-state index >= 15 is 0 Å². The fourth-order valence-corrected chi connectivity index (χ4v) is 2.28. The van der Waals surface area contributed by atoms with E-state index in [0.717, 1.165) is 25.7 Å². The van der Waals surface area contributed by atoms with Gasteiger partial charge in [0, 0.05) is 0 Å². The van der Waals surface area contributed by atoms with Crippen molar-refractivity contribution in [1.29, 1.82) is 0 Å². The summed E-state index contributed by atoms with van der Waals surface area (Å²) in [7, 11) is -5.11. The van der Waals surface area contributed by atoms with Crippen molar-refractivity contribution in [2.75, 3.05) is 13.2 Å². The molecule has 0 unspecified atom stereocenters. The number of nitrogens with one attached hydrogen (secondary N) is 1. The average molecular weight is 389 g/mol. The molecule has 0 fully saturated rings. The molecule has 1 aromatic carbocycles. The van der Waals surface area contributed by atoms with Crippen LogP contribution in [0.2, 0.25) is 0 Å². The number of carbonyl (C=O) groups excluding carboxylic acids is 1. The summed E-state index contributed by atoms with van der Waals surface area (Å²) in [5.41, 5.74) is 0.615.